The Labute approximate surface area is 125 Å². The smallest absolute Gasteiger partial charge is 0.404 e. The number of hydrogen-bond acceptors (Lipinski definition) is 4. The van der Waals surface area contributed by atoms with Crippen LogP contribution in [0, 0.1) is 10.1 Å². The van der Waals surface area contributed by atoms with Crippen molar-refractivity contribution in [2.24, 2.45) is 0 Å². The molecule has 0 saturated heterocycles. The SMILES string of the molecule is CCC(NCc1ccc([N+](=O)[O-])o1)c1ccc(Br)cc1. The maximum Gasteiger partial charge on any atom is 0.433 e. The van der Waals surface area contributed by atoms with Crippen molar-refractivity contribution in [1.82, 2.24) is 5.32 Å². The normalized spacial score (nSPS) is 12.3. The summed E-state index contributed by atoms with van der Waals surface area (Å²) in [7, 11) is 0. The van der Waals surface area contributed by atoms with Crippen molar-refractivity contribution in [3.8, 4) is 0 Å². The molecule has 0 amide bonds. The zero-order valence-corrected chi connectivity index (χ0v) is 12.6. The first-order valence-electron chi connectivity index (χ1n) is 6.32. The Morgan fingerprint density at radius 3 is 2.55 bits per heavy atom. The van der Waals surface area contributed by atoms with Crippen molar-refractivity contribution in [3.63, 3.8) is 0 Å². The van der Waals surface area contributed by atoms with Crippen LogP contribution in [0.3, 0.4) is 0 Å². The van der Waals surface area contributed by atoms with Crippen molar-refractivity contribution in [3.05, 3.63) is 62.3 Å². The van der Waals surface area contributed by atoms with E-state index in [4.69, 9.17) is 4.42 Å². The van der Waals surface area contributed by atoms with Gasteiger partial charge in [0, 0.05) is 10.5 Å². The largest absolute Gasteiger partial charge is 0.433 e. The minimum atomic E-state index is -0.532. The van der Waals surface area contributed by atoms with Gasteiger partial charge in [0.1, 0.15) is 10.7 Å². The molecule has 1 aromatic heterocycles. The standard InChI is InChI=1S/C14H15BrN2O3/c1-2-13(10-3-5-11(15)6-4-10)16-9-12-7-8-14(20-12)17(18)19/h3-8,13,16H,2,9H2,1H3. The molecule has 20 heavy (non-hydrogen) atoms. The molecule has 0 spiro atoms. The number of halogens is 1. The van der Waals surface area contributed by atoms with Gasteiger partial charge in [-0.05, 0) is 30.2 Å². The summed E-state index contributed by atoms with van der Waals surface area (Å²) in [5, 5.41) is 13.9. The Morgan fingerprint density at radius 2 is 2.00 bits per heavy atom. The molecule has 2 rings (SSSR count). The highest BCUT2D eigenvalue weighted by molar-refractivity contribution is 9.10. The molecule has 0 bridgehead atoms. The van der Waals surface area contributed by atoms with Crippen LogP contribution in [-0.4, -0.2) is 4.92 Å². The Bertz CT molecular complexity index is 580. The van der Waals surface area contributed by atoms with Gasteiger partial charge in [-0.25, -0.2) is 0 Å². The summed E-state index contributed by atoms with van der Waals surface area (Å²) in [6, 6.07) is 11.3. The number of hydrogen-bond donors (Lipinski definition) is 1. The Kier molecular flexibility index (Phi) is 4.92. The Balaban J connectivity index is 1.99. The topological polar surface area (TPSA) is 68.3 Å². The molecular weight excluding hydrogens is 324 g/mol. The lowest BCUT2D eigenvalue weighted by molar-refractivity contribution is -0.402. The molecule has 0 aliphatic heterocycles. The molecule has 0 aliphatic rings. The van der Waals surface area contributed by atoms with Gasteiger partial charge in [-0.3, -0.25) is 10.1 Å². The maximum atomic E-state index is 10.5. The highest BCUT2D eigenvalue weighted by Gasteiger charge is 2.13. The lowest BCUT2D eigenvalue weighted by Gasteiger charge is -2.16. The fourth-order valence-corrected chi connectivity index (χ4v) is 2.24. The van der Waals surface area contributed by atoms with E-state index in [1.54, 1.807) is 6.07 Å². The van der Waals surface area contributed by atoms with Crippen LogP contribution < -0.4 is 5.32 Å². The van der Waals surface area contributed by atoms with E-state index in [0.717, 1.165) is 10.9 Å². The Hall–Kier alpha value is -1.66. The molecule has 1 unspecified atom stereocenters. The summed E-state index contributed by atoms with van der Waals surface area (Å²) in [6.07, 6.45) is 0.921. The zero-order valence-electron chi connectivity index (χ0n) is 11.0. The lowest BCUT2D eigenvalue weighted by Crippen LogP contribution is -2.19. The molecule has 0 aliphatic carbocycles. The summed E-state index contributed by atoms with van der Waals surface area (Å²) < 4.78 is 6.17. The third kappa shape index (κ3) is 3.68. The first-order chi connectivity index (χ1) is 9.60. The van der Waals surface area contributed by atoms with E-state index in [2.05, 4.69) is 40.3 Å². The van der Waals surface area contributed by atoms with Crippen LogP contribution in [0.4, 0.5) is 5.88 Å². The fourth-order valence-electron chi connectivity index (χ4n) is 1.98. The quantitative estimate of drug-likeness (QED) is 0.633. The molecule has 1 heterocycles. The maximum absolute atomic E-state index is 10.5. The summed E-state index contributed by atoms with van der Waals surface area (Å²) in [5.74, 6) is 0.339. The minimum absolute atomic E-state index is 0.187. The van der Waals surface area contributed by atoms with Crippen molar-refractivity contribution in [1.29, 1.82) is 0 Å². The van der Waals surface area contributed by atoms with Crippen LogP contribution >= 0.6 is 15.9 Å². The number of rotatable bonds is 6. The van der Waals surface area contributed by atoms with Crippen LogP contribution in [-0.2, 0) is 6.54 Å². The zero-order chi connectivity index (χ0) is 14.5. The van der Waals surface area contributed by atoms with E-state index in [-0.39, 0.29) is 11.9 Å². The van der Waals surface area contributed by atoms with Gasteiger partial charge in [-0.1, -0.05) is 35.0 Å². The number of nitrogens with zero attached hydrogens (tertiary/aromatic N) is 1. The highest BCUT2D eigenvalue weighted by atomic mass is 79.9. The fraction of sp³-hybridized carbons (Fsp3) is 0.286. The number of furan rings is 1. The predicted molar refractivity (Wildman–Crippen MR) is 79.4 cm³/mol. The van der Waals surface area contributed by atoms with Gasteiger partial charge in [-0.15, -0.1) is 0 Å². The van der Waals surface area contributed by atoms with E-state index in [1.807, 2.05) is 12.1 Å². The second-order valence-corrected chi connectivity index (χ2v) is 5.31. The van der Waals surface area contributed by atoms with Crippen LogP contribution in [0.1, 0.15) is 30.7 Å². The molecule has 106 valence electrons. The van der Waals surface area contributed by atoms with Gasteiger partial charge in [-0.2, -0.15) is 0 Å². The average Bonchev–Trinajstić information content (AvgIpc) is 2.90. The number of nitrogens with one attached hydrogen (secondary N) is 1. The second kappa shape index (κ2) is 6.67. The van der Waals surface area contributed by atoms with Gasteiger partial charge in [0.25, 0.3) is 0 Å². The van der Waals surface area contributed by atoms with Gasteiger partial charge in [0.2, 0.25) is 0 Å². The molecule has 1 atom stereocenters. The molecule has 6 heteroatoms. The van der Waals surface area contributed by atoms with E-state index in [1.165, 1.54) is 11.6 Å². The van der Waals surface area contributed by atoms with Gasteiger partial charge < -0.3 is 9.73 Å². The minimum Gasteiger partial charge on any atom is -0.404 e. The monoisotopic (exact) mass is 338 g/mol. The summed E-state index contributed by atoms with van der Waals surface area (Å²) in [4.78, 5) is 10.0. The number of nitro groups is 1. The van der Waals surface area contributed by atoms with Gasteiger partial charge >= 0.3 is 5.88 Å². The van der Waals surface area contributed by atoms with Crippen molar-refractivity contribution < 1.29 is 9.34 Å². The van der Waals surface area contributed by atoms with Crippen LogP contribution in [0.25, 0.3) is 0 Å². The molecular formula is C14H15BrN2O3. The van der Waals surface area contributed by atoms with E-state index < -0.39 is 4.92 Å². The van der Waals surface area contributed by atoms with E-state index in [9.17, 15) is 10.1 Å². The number of benzene rings is 1. The first kappa shape index (κ1) is 14.7. The van der Waals surface area contributed by atoms with Crippen molar-refractivity contribution in [2.45, 2.75) is 25.9 Å². The molecule has 5 nitrogen and oxygen atoms in total. The average molecular weight is 339 g/mol. The van der Waals surface area contributed by atoms with Crippen LogP contribution in [0.5, 0.6) is 0 Å². The Morgan fingerprint density at radius 1 is 1.30 bits per heavy atom. The van der Waals surface area contributed by atoms with Crippen molar-refractivity contribution >= 4 is 21.8 Å². The summed E-state index contributed by atoms with van der Waals surface area (Å²) >= 11 is 3.41. The highest BCUT2D eigenvalue weighted by Crippen LogP contribution is 2.21. The molecule has 0 radical (unpaired) electrons. The van der Waals surface area contributed by atoms with E-state index >= 15 is 0 Å². The van der Waals surface area contributed by atoms with Crippen LogP contribution in [0.2, 0.25) is 0 Å². The third-order valence-electron chi connectivity index (χ3n) is 3.03. The summed E-state index contributed by atoms with van der Waals surface area (Å²) in [5.41, 5.74) is 1.18. The molecule has 1 N–H and O–H groups in total. The third-order valence-corrected chi connectivity index (χ3v) is 3.56. The lowest BCUT2D eigenvalue weighted by atomic mass is 10.0. The molecule has 2 aromatic rings. The van der Waals surface area contributed by atoms with Gasteiger partial charge in [0.05, 0.1) is 12.6 Å². The molecule has 0 fully saturated rings. The molecule has 1 aromatic carbocycles. The second-order valence-electron chi connectivity index (χ2n) is 4.39. The van der Waals surface area contributed by atoms with Gasteiger partial charge in [0.15, 0.2) is 0 Å². The first-order valence-corrected chi connectivity index (χ1v) is 7.11. The van der Waals surface area contributed by atoms with Crippen molar-refractivity contribution in [2.75, 3.05) is 0 Å². The predicted octanol–water partition coefficient (Wildman–Crippen LogP) is 4.19. The van der Waals surface area contributed by atoms with Crippen LogP contribution in [0.15, 0.2) is 45.3 Å². The molecule has 0 saturated carbocycles. The summed E-state index contributed by atoms with van der Waals surface area (Å²) in [6.45, 7) is 2.55. The van der Waals surface area contributed by atoms with E-state index in [0.29, 0.717) is 12.3 Å².